The SMILES string of the molecule is O=C(Nc1cccc(Cl)c1)C1CC(=O)N(Cc2ccc(F)cc2)C(=Nc2ccccc2)S1. The van der Waals surface area contributed by atoms with Crippen molar-refractivity contribution in [3.8, 4) is 0 Å². The number of amidine groups is 1. The van der Waals surface area contributed by atoms with Crippen LogP contribution in [0.1, 0.15) is 12.0 Å². The van der Waals surface area contributed by atoms with Crippen molar-refractivity contribution in [3.05, 3.63) is 95.3 Å². The number of carbonyl (C=O) groups excluding carboxylic acids is 2. The molecule has 1 saturated heterocycles. The van der Waals surface area contributed by atoms with Gasteiger partial charge in [-0.1, -0.05) is 59.8 Å². The van der Waals surface area contributed by atoms with E-state index in [-0.39, 0.29) is 30.6 Å². The highest BCUT2D eigenvalue weighted by Gasteiger charge is 2.36. The number of nitrogens with zero attached hydrogens (tertiary/aromatic N) is 2. The van der Waals surface area contributed by atoms with Crippen LogP contribution in [-0.2, 0) is 16.1 Å². The number of thioether (sulfide) groups is 1. The molecule has 5 nitrogen and oxygen atoms in total. The lowest BCUT2D eigenvalue weighted by atomic mass is 10.2. The summed E-state index contributed by atoms with van der Waals surface area (Å²) in [6, 6.07) is 22.0. The zero-order chi connectivity index (χ0) is 22.5. The second kappa shape index (κ2) is 9.97. The molecule has 1 fully saturated rings. The largest absolute Gasteiger partial charge is 0.325 e. The smallest absolute Gasteiger partial charge is 0.238 e. The molecular formula is C24H19ClFN3O2S. The Bertz CT molecular complexity index is 1160. The molecular weight excluding hydrogens is 449 g/mol. The number of anilines is 1. The Kier molecular flexibility index (Phi) is 6.87. The number of nitrogens with one attached hydrogen (secondary N) is 1. The van der Waals surface area contributed by atoms with Crippen molar-refractivity contribution < 1.29 is 14.0 Å². The van der Waals surface area contributed by atoms with Gasteiger partial charge in [0.05, 0.1) is 12.2 Å². The highest BCUT2D eigenvalue weighted by molar-refractivity contribution is 8.15. The number of benzene rings is 3. The van der Waals surface area contributed by atoms with Gasteiger partial charge in [0.15, 0.2) is 5.17 Å². The number of aliphatic imine (C=N–C) groups is 1. The zero-order valence-electron chi connectivity index (χ0n) is 16.9. The van der Waals surface area contributed by atoms with Gasteiger partial charge >= 0.3 is 0 Å². The summed E-state index contributed by atoms with van der Waals surface area (Å²) >= 11 is 7.22. The fourth-order valence-corrected chi connectivity index (χ4v) is 4.46. The van der Waals surface area contributed by atoms with Crippen LogP contribution < -0.4 is 5.32 Å². The van der Waals surface area contributed by atoms with E-state index in [1.54, 1.807) is 36.4 Å². The van der Waals surface area contributed by atoms with E-state index in [0.717, 1.165) is 5.56 Å². The third kappa shape index (κ3) is 5.55. The summed E-state index contributed by atoms with van der Waals surface area (Å²) in [7, 11) is 0. The molecule has 2 amide bonds. The van der Waals surface area contributed by atoms with Gasteiger partial charge in [-0.25, -0.2) is 9.38 Å². The van der Waals surface area contributed by atoms with E-state index in [9.17, 15) is 14.0 Å². The van der Waals surface area contributed by atoms with Gasteiger partial charge < -0.3 is 5.32 Å². The first-order valence-electron chi connectivity index (χ1n) is 9.89. The average molecular weight is 468 g/mol. The number of halogens is 2. The lowest BCUT2D eigenvalue weighted by molar-refractivity contribution is -0.129. The van der Waals surface area contributed by atoms with E-state index >= 15 is 0 Å². The second-order valence-corrected chi connectivity index (χ2v) is 8.75. The van der Waals surface area contributed by atoms with Gasteiger partial charge in [0.2, 0.25) is 11.8 Å². The van der Waals surface area contributed by atoms with Crippen LogP contribution in [0.5, 0.6) is 0 Å². The van der Waals surface area contributed by atoms with Crippen LogP contribution in [0.15, 0.2) is 83.9 Å². The van der Waals surface area contributed by atoms with Crippen molar-refractivity contribution in [1.82, 2.24) is 4.90 Å². The number of hydrogen-bond acceptors (Lipinski definition) is 4. The van der Waals surface area contributed by atoms with Crippen molar-refractivity contribution in [2.45, 2.75) is 18.2 Å². The Morgan fingerprint density at radius 1 is 1.09 bits per heavy atom. The monoisotopic (exact) mass is 467 g/mol. The number of hydrogen-bond donors (Lipinski definition) is 1. The Labute approximate surface area is 194 Å². The summed E-state index contributed by atoms with van der Waals surface area (Å²) in [5, 5.41) is 3.10. The molecule has 3 aromatic carbocycles. The van der Waals surface area contributed by atoms with Crippen LogP contribution in [0, 0.1) is 5.82 Å². The van der Waals surface area contributed by atoms with Gasteiger partial charge in [0, 0.05) is 17.1 Å². The van der Waals surface area contributed by atoms with Gasteiger partial charge in [0.25, 0.3) is 0 Å². The fourth-order valence-electron chi connectivity index (χ4n) is 3.17. The van der Waals surface area contributed by atoms with Crippen LogP contribution in [0.2, 0.25) is 5.02 Å². The van der Waals surface area contributed by atoms with Crippen molar-refractivity contribution in [3.63, 3.8) is 0 Å². The number of rotatable bonds is 5. The molecule has 8 heteroatoms. The molecule has 0 spiro atoms. The van der Waals surface area contributed by atoms with E-state index in [1.165, 1.54) is 28.8 Å². The van der Waals surface area contributed by atoms with E-state index in [2.05, 4.69) is 10.3 Å². The normalized spacial score (nSPS) is 17.4. The van der Waals surface area contributed by atoms with E-state index in [1.807, 2.05) is 30.3 Å². The van der Waals surface area contributed by atoms with Crippen LogP contribution in [-0.4, -0.2) is 27.1 Å². The molecule has 1 N–H and O–H groups in total. The minimum Gasteiger partial charge on any atom is -0.325 e. The van der Waals surface area contributed by atoms with Crippen LogP contribution >= 0.6 is 23.4 Å². The Hall–Kier alpha value is -3.16. The molecule has 0 bridgehead atoms. The standard InChI is InChI=1S/C24H19ClFN3O2S/c25-17-5-4-8-20(13-17)27-23(31)21-14-22(30)29(15-16-9-11-18(26)12-10-16)24(32-21)28-19-6-2-1-3-7-19/h1-13,21H,14-15H2,(H,27,31). The van der Waals surface area contributed by atoms with Gasteiger partial charge in [-0.3, -0.25) is 14.5 Å². The van der Waals surface area contributed by atoms with Crippen LogP contribution in [0.25, 0.3) is 0 Å². The maximum Gasteiger partial charge on any atom is 0.238 e. The molecule has 32 heavy (non-hydrogen) atoms. The highest BCUT2D eigenvalue weighted by atomic mass is 35.5. The summed E-state index contributed by atoms with van der Waals surface area (Å²) in [6.45, 7) is 0.237. The molecule has 3 aromatic rings. The minimum absolute atomic E-state index is 0.0199. The van der Waals surface area contributed by atoms with E-state index in [0.29, 0.717) is 21.6 Å². The molecule has 162 valence electrons. The molecule has 0 aromatic heterocycles. The average Bonchev–Trinajstić information content (AvgIpc) is 2.78. The lowest BCUT2D eigenvalue weighted by Crippen LogP contribution is -2.44. The van der Waals surface area contributed by atoms with Gasteiger partial charge in [-0.05, 0) is 48.0 Å². The first-order valence-corrected chi connectivity index (χ1v) is 11.2. The second-order valence-electron chi connectivity index (χ2n) is 7.15. The van der Waals surface area contributed by atoms with Gasteiger partial charge in [-0.15, -0.1) is 0 Å². The van der Waals surface area contributed by atoms with Gasteiger partial charge in [0.1, 0.15) is 11.1 Å². The lowest BCUT2D eigenvalue weighted by Gasteiger charge is -2.32. The molecule has 0 saturated carbocycles. The maximum absolute atomic E-state index is 13.3. The molecule has 1 aliphatic heterocycles. The number of carbonyl (C=O) groups is 2. The summed E-state index contributed by atoms with van der Waals surface area (Å²) in [4.78, 5) is 32.1. The van der Waals surface area contributed by atoms with E-state index in [4.69, 9.17) is 11.6 Å². The van der Waals surface area contributed by atoms with Crippen molar-refractivity contribution in [2.24, 2.45) is 4.99 Å². The Morgan fingerprint density at radius 3 is 2.56 bits per heavy atom. The Morgan fingerprint density at radius 2 is 1.84 bits per heavy atom. The predicted molar refractivity (Wildman–Crippen MR) is 127 cm³/mol. The Balaban J connectivity index is 1.58. The quantitative estimate of drug-likeness (QED) is 0.528. The summed E-state index contributed by atoms with van der Waals surface area (Å²) < 4.78 is 13.3. The summed E-state index contributed by atoms with van der Waals surface area (Å²) in [5.74, 6) is -0.870. The first kappa shape index (κ1) is 22.0. The molecule has 1 heterocycles. The van der Waals surface area contributed by atoms with Crippen molar-refractivity contribution >= 4 is 51.7 Å². The molecule has 4 rings (SSSR count). The topological polar surface area (TPSA) is 61.8 Å². The molecule has 0 aliphatic carbocycles. The third-order valence-electron chi connectivity index (χ3n) is 4.76. The third-order valence-corrected chi connectivity index (χ3v) is 6.18. The zero-order valence-corrected chi connectivity index (χ0v) is 18.4. The minimum atomic E-state index is -0.645. The molecule has 1 atom stereocenters. The summed E-state index contributed by atoms with van der Waals surface area (Å²) in [6.07, 6.45) is 0.0199. The maximum atomic E-state index is 13.3. The first-order chi connectivity index (χ1) is 15.5. The van der Waals surface area contributed by atoms with E-state index < -0.39 is 5.25 Å². The molecule has 1 unspecified atom stereocenters. The molecule has 0 radical (unpaired) electrons. The summed E-state index contributed by atoms with van der Waals surface area (Å²) in [5.41, 5.74) is 2.00. The van der Waals surface area contributed by atoms with Crippen LogP contribution in [0.4, 0.5) is 15.8 Å². The van der Waals surface area contributed by atoms with Crippen molar-refractivity contribution in [2.75, 3.05) is 5.32 Å². The predicted octanol–water partition coefficient (Wildman–Crippen LogP) is 5.64. The molecule has 1 aliphatic rings. The van der Waals surface area contributed by atoms with Crippen LogP contribution in [0.3, 0.4) is 0 Å². The highest BCUT2D eigenvalue weighted by Crippen LogP contribution is 2.31. The number of amides is 2. The van der Waals surface area contributed by atoms with Crippen molar-refractivity contribution in [1.29, 1.82) is 0 Å². The number of para-hydroxylation sites is 1. The van der Waals surface area contributed by atoms with Gasteiger partial charge in [-0.2, -0.15) is 0 Å². The fraction of sp³-hybridized carbons (Fsp3) is 0.125.